The highest BCUT2D eigenvalue weighted by Gasteiger charge is 2.17. The second-order valence-corrected chi connectivity index (χ2v) is 8.31. The Kier molecular flexibility index (Phi) is 7.50. The SMILES string of the molecule is CCN(CC(=O)Nc1ccc(NC(C)=O)cc1)CC(=O)Nc1cc2oc3ccccc3c2cc1OC. The van der Waals surface area contributed by atoms with Crippen molar-refractivity contribution in [3.05, 3.63) is 60.7 Å². The zero-order valence-electron chi connectivity index (χ0n) is 20.4. The summed E-state index contributed by atoms with van der Waals surface area (Å²) in [5.41, 5.74) is 3.13. The standard InChI is InChI=1S/C27H28N4O5/c1-4-31(15-26(33)29-19-11-9-18(10-12-19)28-17(2)32)16-27(34)30-22-14-24-21(13-25(22)35-3)20-7-5-6-8-23(20)36-24/h5-14H,4,15-16H2,1-3H3,(H,28,32)(H,29,33)(H,30,34). The van der Waals surface area contributed by atoms with E-state index in [-0.39, 0.29) is 30.8 Å². The molecule has 1 aromatic heterocycles. The van der Waals surface area contributed by atoms with Gasteiger partial charge in [0.1, 0.15) is 16.9 Å². The van der Waals surface area contributed by atoms with E-state index in [9.17, 15) is 14.4 Å². The fourth-order valence-corrected chi connectivity index (χ4v) is 3.93. The average Bonchev–Trinajstić information content (AvgIpc) is 3.21. The van der Waals surface area contributed by atoms with Gasteiger partial charge in [-0.25, -0.2) is 0 Å². The van der Waals surface area contributed by atoms with E-state index in [0.29, 0.717) is 34.9 Å². The second-order valence-electron chi connectivity index (χ2n) is 8.31. The minimum absolute atomic E-state index is 0.0205. The first-order valence-corrected chi connectivity index (χ1v) is 11.5. The van der Waals surface area contributed by atoms with Crippen LogP contribution in [0.2, 0.25) is 0 Å². The summed E-state index contributed by atoms with van der Waals surface area (Å²) >= 11 is 0. The number of amides is 3. The van der Waals surface area contributed by atoms with Gasteiger partial charge in [0.15, 0.2) is 0 Å². The van der Waals surface area contributed by atoms with Crippen molar-refractivity contribution in [2.75, 3.05) is 42.7 Å². The smallest absolute Gasteiger partial charge is 0.238 e. The molecule has 9 heteroatoms. The molecule has 3 N–H and O–H groups in total. The average molecular weight is 489 g/mol. The van der Waals surface area contributed by atoms with Gasteiger partial charge in [0.2, 0.25) is 17.7 Å². The van der Waals surface area contributed by atoms with Crippen LogP contribution < -0.4 is 20.7 Å². The number of furan rings is 1. The number of ether oxygens (including phenoxy) is 1. The zero-order chi connectivity index (χ0) is 25.7. The van der Waals surface area contributed by atoms with Gasteiger partial charge in [-0.15, -0.1) is 0 Å². The molecule has 0 aliphatic heterocycles. The van der Waals surface area contributed by atoms with E-state index in [1.165, 1.54) is 6.92 Å². The van der Waals surface area contributed by atoms with E-state index in [2.05, 4.69) is 16.0 Å². The molecule has 0 unspecified atom stereocenters. The number of carbonyl (C=O) groups excluding carboxylic acids is 3. The van der Waals surface area contributed by atoms with Gasteiger partial charge in [-0.3, -0.25) is 19.3 Å². The summed E-state index contributed by atoms with van der Waals surface area (Å²) in [6, 6.07) is 18.1. The van der Waals surface area contributed by atoms with E-state index in [4.69, 9.17) is 9.15 Å². The van der Waals surface area contributed by atoms with Crippen molar-refractivity contribution in [2.24, 2.45) is 0 Å². The third-order valence-electron chi connectivity index (χ3n) is 5.64. The Hall–Kier alpha value is -4.37. The number of para-hydroxylation sites is 1. The Bertz CT molecular complexity index is 1410. The third kappa shape index (κ3) is 5.81. The lowest BCUT2D eigenvalue weighted by atomic mass is 10.1. The van der Waals surface area contributed by atoms with Crippen LogP contribution in [-0.4, -0.2) is 49.4 Å². The molecule has 3 amide bonds. The van der Waals surface area contributed by atoms with Crippen LogP contribution in [0.4, 0.5) is 17.1 Å². The molecule has 186 valence electrons. The Morgan fingerprint density at radius 3 is 2.11 bits per heavy atom. The highest BCUT2D eigenvalue weighted by atomic mass is 16.5. The topological polar surface area (TPSA) is 113 Å². The number of nitrogens with zero attached hydrogens (tertiary/aromatic N) is 1. The number of hydrogen-bond donors (Lipinski definition) is 3. The van der Waals surface area contributed by atoms with Crippen LogP contribution in [0.5, 0.6) is 5.75 Å². The lowest BCUT2D eigenvalue weighted by Crippen LogP contribution is -2.38. The van der Waals surface area contributed by atoms with Gasteiger partial charge in [-0.2, -0.15) is 0 Å². The summed E-state index contributed by atoms with van der Waals surface area (Å²) in [6.07, 6.45) is 0. The Morgan fingerprint density at radius 1 is 0.833 bits per heavy atom. The van der Waals surface area contributed by atoms with Crippen molar-refractivity contribution in [3.63, 3.8) is 0 Å². The number of methoxy groups -OCH3 is 1. The van der Waals surface area contributed by atoms with Crippen LogP contribution in [0.25, 0.3) is 21.9 Å². The van der Waals surface area contributed by atoms with Crippen LogP contribution in [0.15, 0.2) is 65.1 Å². The van der Waals surface area contributed by atoms with Crippen molar-refractivity contribution in [2.45, 2.75) is 13.8 Å². The molecular weight excluding hydrogens is 460 g/mol. The minimum Gasteiger partial charge on any atom is -0.495 e. The lowest BCUT2D eigenvalue weighted by Gasteiger charge is -2.20. The highest BCUT2D eigenvalue weighted by molar-refractivity contribution is 6.08. The Morgan fingerprint density at radius 2 is 1.47 bits per heavy atom. The molecule has 0 saturated heterocycles. The van der Waals surface area contributed by atoms with Crippen LogP contribution in [-0.2, 0) is 14.4 Å². The number of benzene rings is 3. The largest absolute Gasteiger partial charge is 0.495 e. The van der Waals surface area contributed by atoms with E-state index < -0.39 is 0 Å². The lowest BCUT2D eigenvalue weighted by molar-refractivity contribution is -0.120. The fourth-order valence-electron chi connectivity index (χ4n) is 3.93. The maximum atomic E-state index is 12.8. The van der Waals surface area contributed by atoms with E-state index >= 15 is 0 Å². The van der Waals surface area contributed by atoms with E-state index in [0.717, 1.165) is 16.4 Å². The second kappa shape index (κ2) is 10.9. The Balaban J connectivity index is 1.38. The van der Waals surface area contributed by atoms with Gasteiger partial charge in [0.05, 0.1) is 25.9 Å². The molecule has 0 spiro atoms. The molecule has 0 atom stereocenters. The maximum Gasteiger partial charge on any atom is 0.238 e. The molecule has 0 fully saturated rings. The molecule has 4 rings (SSSR count). The molecule has 0 bridgehead atoms. The van der Waals surface area contributed by atoms with Crippen LogP contribution in [0.3, 0.4) is 0 Å². The monoisotopic (exact) mass is 488 g/mol. The predicted molar refractivity (Wildman–Crippen MR) is 140 cm³/mol. The molecule has 9 nitrogen and oxygen atoms in total. The number of rotatable bonds is 9. The first kappa shape index (κ1) is 24.7. The van der Waals surface area contributed by atoms with Gasteiger partial charge in [-0.05, 0) is 42.9 Å². The number of fused-ring (bicyclic) bond motifs is 3. The molecule has 36 heavy (non-hydrogen) atoms. The van der Waals surface area contributed by atoms with Crippen molar-refractivity contribution in [1.29, 1.82) is 0 Å². The first-order valence-electron chi connectivity index (χ1n) is 11.5. The normalized spacial score (nSPS) is 11.0. The van der Waals surface area contributed by atoms with Crippen molar-refractivity contribution < 1.29 is 23.5 Å². The molecule has 1 heterocycles. The summed E-state index contributed by atoms with van der Waals surface area (Å²) < 4.78 is 11.4. The molecule has 0 radical (unpaired) electrons. The van der Waals surface area contributed by atoms with E-state index in [1.54, 1.807) is 42.3 Å². The van der Waals surface area contributed by atoms with Gasteiger partial charge < -0.3 is 25.1 Å². The Labute approximate surface area is 208 Å². The van der Waals surface area contributed by atoms with E-state index in [1.807, 2.05) is 37.3 Å². The number of carbonyl (C=O) groups is 3. The molecular formula is C27H28N4O5. The summed E-state index contributed by atoms with van der Waals surface area (Å²) in [6.45, 7) is 3.87. The molecule has 0 saturated carbocycles. The fraction of sp³-hybridized carbons (Fsp3) is 0.222. The number of anilines is 3. The number of nitrogens with one attached hydrogen (secondary N) is 3. The summed E-state index contributed by atoms with van der Waals surface area (Å²) in [5.74, 6) is -0.180. The quantitative estimate of drug-likeness (QED) is 0.321. The van der Waals surface area contributed by atoms with Gasteiger partial charge in [-0.1, -0.05) is 25.1 Å². The van der Waals surface area contributed by atoms with Gasteiger partial charge in [0.25, 0.3) is 0 Å². The predicted octanol–water partition coefficient (Wildman–Crippen LogP) is 4.45. The van der Waals surface area contributed by atoms with Crippen LogP contribution >= 0.6 is 0 Å². The van der Waals surface area contributed by atoms with Crippen molar-refractivity contribution >= 4 is 56.7 Å². The molecule has 0 aliphatic carbocycles. The molecule has 3 aromatic carbocycles. The zero-order valence-corrected chi connectivity index (χ0v) is 20.4. The summed E-state index contributed by atoms with van der Waals surface area (Å²) in [7, 11) is 1.55. The van der Waals surface area contributed by atoms with Gasteiger partial charge in [0, 0.05) is 35.1 Å². The summed E-state index contributed by atoms with van der Waals surface area (Å²) in [4.78, 5) is 38.2. The number of likely N-dealkylation sites (N-methyl/N-ethyl adjacent to an activating group) is 1. The minimum atomic E-state index is -0.280. The molecule has 0 aliphatic rings. The third-order valence-corrected chi connectivity index (χ3v) is 5.64. The number of hydrogen-bond acceptors (Lipinski definition) is 6. The van der Waals surface area contributed by atoms with Crippen LogP contribution in [0.1, 0.15) is 13.8 Å². The first-order chi connectivity index (χ1) is 17.4. The highest BCUT2D eigenvalue weighted by Crippen LogP contribution is 2.36. The summed E-state index contributed by atoms with van der Waals surface area (Å²) in [5, 5.41) is 10.2. The van der Waals surface area contributed by atoms with Gasteiger partial charge >= 0.3 is 0 Å². The molecule has 4 aromatic rings. The van der Waals surface area contributed by atoms with Crippen LogP contribution in [0, 0.1) is 0 Å². The maximum absolute atomic E-state index is 12.8. The van der Waals surface area contributed by atoms with Crippen molar-refractivity contribution in [1.82, 2.24) is 4.90 Å². The van der Waals surface area contributed by atoms with Crippen molar-refractivity contribution in [3.8, 4) is 5.75 Å².